The molecular formula is C10H13F3N2O3. The smallest absolute Gasteiger partial charge is 0.382 e. The van der Waals surface area contributed by atoms with Gasteiger partial charge in [0.2, 0.25) is 0 Å². The molecule has 18 heavy (non-hydrogen) atoms. The van der Waals surface area contributed by atoms with Crippen LogP contribution in [0.2, 0.25) is 0 Å². The van der Waals surface area contributed by atoms with E-state index in [1.165, 1.54) is 6.92 Å². The van der Waals surface area contributed by atoms with Crippen molar-refractivity contribution in [3.8, 4) is 0 Å². The number of aryl methyl sites for hydroxylation is 2. The summed E-state index contributed by atoms with van der Waals surface area (Å²) in [6.07, 6.45) is -6.93. The molecule has 0 aliphatic carbocycles. The molecule has 1 unspecified atom stereocenters. The second kappa shape index (κ2) is 5.38. The molecule has 8 heteroatoms. The highest BCUT2D eigenvalue weighted by molar-refractivity contribution is 5.96. The van der Waals surface area contributed by atoms with Gasteiger partial charge < -0.3 is 14.9 Å². The lowest BCUT2D eigenvalue weighted by Gasteiger charge is -2.14. The van der Waals surface area contributed by atoms with Crippen molar-refractivity contribution in [2.24, 2.45) is 0 Å². The van der Waals surface area contributed by atoms with Crippen molar-refractivity contribution >= 4 is 5.91 Å². The Morgan fingerprint density at radius 1 is 1.56 bits per heavy atom. The summed E-state index contributed by atoms with van der Waals surface area (Å²) in [7, 11) is 0. The first-order valence-electron chi connectivity index (χ1n) is 5.25. The van der Waals surface area contributed by atoms with Crippen molar-refractivity contribution in [1.29, 1.82) is 0 Å². The lowest BCUT2D eigenvalue weighted by atomic mass is 10.1. The first kappa shape index (κ1) is 14.5. The number of carbonyl (C=O) groups is 1. The fourth-order valence-electron chi connectivity index (χ4n) is 1.34. The number of carbonyl (C=O) groups excluding carboxylic acids is 1. The Kier molecular flexibility index (Phi) is 4.33. The second-order valence-corrected chi connectivity index (χ2v) is 3.68. The van der Waals surface area contributed by atoms with E-state index in [1.807, 2.05) is 5.32 Å². The molecule has 0 fully saturated rings. The number of alkyl halides is 3. The number of aliphatic hydroxyl groups is 1. The van der Waals surface area contributed by atoms with Gasteiger partial charge >= 0.3 is 6.18 Å². The maximum Gasteiger partial charge on any atom is 0.416 e. The molecule has 0 spiro atoms. The molecule has 0 saturated heterocycles. The maximum atomic E-state index is 12.0. The number of rotatable bonds is 4. The van der Waals surface area contributed by atoms with E-state index in [0.717, 1.165) is 0 Å². The highest BCUT2D eigenvalue weighted by atomic mass is 19.4. The summed E-state index contributed by atoms with van der Waals surface area (Å²) in [5.74, 6) is -0.514. The summed E-state index contributed by atoms with van der Waals surface area (Å²) in [6.45, 7) is 2.32. The van der Waals surface area contributed by atoms with Crippen LogP contribution in [-0.4, -0.2) is 35.0 Å². The zero-order chi connectivity index (χ0) is 13.9. The molecule has 1 amide bonds. The van der Waals surface area contributed by atoms with Crippen LogP contribution in [-0.2, 0) is 6.42 Å². The number of amides is 1. The van der Waals surface area contributed by atoms with Crippen LogP contribution in [0.1, 0.15) is 28.7 Å². The summed E-state index contributed by atoms with van der Waals surface area (Å²) in [5.41, 5.74) is 0.485. The fourth-order valence-corrected chi connectivity index (χ4v) is 1.34. The van der Waals surface area contributed by atoms with E-state index in [2.05, 4.69) is 5.16 Å². The molecule has 0 radical (unpaired) electrons. The lowest BCUT2D eigenvalue weighted by Crippen LogP contribution is -2.40. The molecule has 1 aromatic heterocycles. The normalized spacial score (nSPS) is 13.4. The molecule has 1 heterocycles. The van der Waals surface area contributed by atoms with Gasteiger partial charge in [-0.05, 0) is 13.3 Å². The third-order valence-electron chi connectivity index (χ3n) is 2.33. The van der Waals surface area contributed by atoms with Crippen molar-refractivity contribution in [2.75, 3.05) is 6.54 Å². The van der Waals surface area contributed by atoms with E-state index < -0.39 is 24.7 Å². The zero-order valence-electron chi connectivity index (χ0n) is 9.84. The molecule has 0 aromatic carbocycles. The van der Waals surface area contributed by atoms with Gasteiger partial charge in [0.15, 0.2) is 6.10 Å². The molecular weight excluding hydrogens is 253 g/mol. The van der Waals surface area contributed by atoms with Crippen LogP contribution < -0.4 is 5.32 Å². The number of aliphatic hydroxyl groups excluding tert-OH is 1. The summed E-state index contributed by atoms with van der Waals surface area (Å²) < 4.78 is 40.9. The van der Waals surface area contributed by atoms with Crippen molar-refractivity contribution < 1.29 is 27.6 Å². The number of halogens is 3. The summed E-state index contributed by atoms with van der Waals surface area (Å²) in [4.78, 5) is 11.6. The molecule has 0 aliphatic rings. The van der Waals surface area contributed by atoms with Crippen molar-refractivity contribution in [3.05, 3.63) is 17.0 Å². The first-order valence-corrected chi connectivity index (χ1v) is 5.25. The highest BCUT2D eigenvalue weighted by Gasteiger charge is 2.38. The molecule has 2 N–H and O–H groups in total. The molecule has 102 valence electrons. The Hall–Kier alpha value is -1.57. The van der Waals surface area contributed by atoms with Crippen molar-refractivity contribution in [2.45, 2.75) is 32.5 Å². The second-order valence-electron chi connectivity index (χ2n) is 3.68. The largest absolute Gasteiger partial charge is 0.416 e. The SMILES string of the molecule is CCc1noc(C)c1C(=O)NCC(O)C(F)(F)F. The van der Waals surface area contributed by atoms with Gasteiger partial charge in [-0.1, -0.05) is 12.1 Å². The van der Waals surface area contributed by atoms with Gasteiger partial charge in [0.05, 0.1) is 12.2 Å². The van der Waals surface area contributed by atoms with E-state index >= 15 is 0 Å². The number of nitrogens with zero attached hydrogens (tertiary/aromatic N) is 1. The van der Waals surface area contributed by atoms with Gasteiger partial charge in [0.1, 0.15) is 11.3 Å². The van der Waals surface area contributed by atoms with E-state index in [0.29, 0.717) is 12.1 Å². The summed E-state index contributed by atoms with van der Waals surface area (Å²) in [5, 5.41) is 14.4. The Balaban J connectivity index is 2.69. The standard InChI is InChI=1S/C10H13F3N2O3/c1-3-6-8(5(2)18-15-6)9(17)14-4-7(16)10(11,12)13/h7,16H,3-4H2,1-2H3,(H,14,17). The van der Waals surface area contributed by atoms with Gasteiger partial charge in [0.25, 0.3) is 5.91 Å². The van der Waals surface area contributed by atoms with Crippen LogP contribution in [0.4, 0.5) is 13.2 Å². The minimum Gasteiger partial charge on any atom is -0.382 e. The van der Waals surface area contributed by atoms with Crippen LogP contribution in [0.5, 0.6) is 0 Å². The van der Waals surface area contributed by atoms with Crippen LogP contribution in [0.25, 0.3) is 0 Å². The van der Waals surface area contributed by atoms with Gasteiger partial charge in [-0.3, -0.25) is 4.79 Å². The molecule has 1 atom stereocenters. The van der Waals surface area contributed by atoms with Crippen molar-refractivity contribution in [3.63, 3.8) is 0 Å². The molecule has 5 nitrogen and oxygen atoms in total. The summed E-state index contributed by atoms with van der Waals surface area (Å²) >= 11 is 0. The van der Waals surface area contributed by atoms with Gasteiger partial charge in [-0.2, -0.15) is 13.2 Å². The van der Waals surface area contributed by atoms with Crippen molar-refractivity contribution in [1.82, 2.24) is 10.5 Å². The zero-order valence-corrected chi connectivity index (χ0v) is 9.84. The fraction of sp³-hybridized carbons (Fsp3) is 0.600. The number of aromatic nitrogens is 1. The minimum atomic E-state index is -4.76. The van der Waals surface area contributed by atoms with Crippen LogP contribution in [0.3, 0.4) is 0 Å². The monoisotopic (exact) mass is 266 g/mol. The average Bonchev–Trinajstić information content (AvgIpc) is 2.65. The first-order chi connectivity index (χ1) is 8.27. The molecule has 1 rings (SSSR count). The predicted octanol–water partition coefficient (Wildman–Crippen LogP) is 1.20. The van der Waals surface area contributed by atoms with Gasteiger partial charge in [0, 0.05) is 0 Å². The van der Waals surface area contributed by atoms with E-state index in [1.54, 1.807) is 6.92 Å². The van der Waals surface area contributed by atoms with Gasteiger partial charge in [-0.15, -0.1) is 0 Å². The van der Waals surface area contributed by atoms with E-state index in [4.69, 9.17) is 9.63 Å². The predicted molar refractivity (Wildman–Crippen MR) is 55.0 cm³/mol. The Morgan fingerprint density at radius 3 is 2.67 bits per heavy atom. The minimum absolute atomic E-state index is 0.117. The highest BCUT2D eigenvalue weighted by Crippen LogP contribution is 2.19. The number of nitrogens with one attached hydrogen (secondary N) is 1. The Labute approximate surface area is 101 Å². The third-order valence-corrected chi connectivity index (χ3v) is 2.33. The topological polar surface area (TPSA) is 75.4 Å². The van der Waals surface area contributed by atoms with Crippen LogP contribution >= 0.6 is 0 Å². The van der Waals surface area contributed by atoms with Crippen LogP contribution in [0, 0.1) is 6.92 Å². The van der Waals surface area contributed by atoms with Gasteiger partial charge in [-0.25, -0.2) is 0 Å². The maximum absolute atomic E-state index is 12.0. The lowest BCUT2D eigenvalue weighted by molar-refractivity contribution is -0.201. The Morgan fingerprint density at radius 2 is 2.17 bits per heavy atom. The molecule has 1 aromatic rings. The quantitative estimate of drug-likeness (QED) is 0.858. The van der Waals surface area contributed by atoms with E-state index in [9.17, 15) is 18.0 Å². The number of hydrogen-bond acceptors (Lipinski definition) is 4. The molecule has 0 aliphatic heterocycles. The average molecular weight is 266 g/mol. The van der Waals surface area contributed by atoms with Crippen LogP contribution in [0.15, 0.2) is 4.52 Å². The number of hydrogen-bond donors (Lipinski definition) is 2. The molecule has 0 bridgehead atoms. The third kappa shape index (κ3) is 3.22. The van der Waals surface area contributed by atoms with E-state index in [-0.39, 0.29) is 11.3 Å². The Bertz CT molecular complexity index is 428. The molecule has 0 saturated carbocycles. The summed E-state index contributed by atoms with van der Waals surface area (Å²) in [6, 6.07) is 0.